The van der Waals surface area contributed by atoms with Crippen LogP contribution < -0.4 is 0 Å². The van der Waals surface area contributed by atoms with Gasteiger partial charge >= 0.3 is 0 Å². The van der Waals surface area contributed by atoms with Crippen molar-refractivity contribution >= 4 is 5.78 Å². The summed E-state index contributed by atoms with van der Waals surface area (Å²) in [5.74, 6) is 0.961. The summed E-state index contributed by atoms with van der Waals surface area (Å²) in [4.78, 5) is 20.9. The maximum atomic E-state index is 12.4. The highest BCUT2D eigenvalue weighted by Gasteiger charge is 2.27. The van der Waals surface area contributed by atoms with Crippen molar-refractivity contribution in [3.05, 3.63) is 12.2 Å². The molecule has 0 saturated carbocycles. The quantitative estimate of drug-likeness (QED) is 0.729. The van der Waals surface area contributed by atoms with E-state index in [-0.39, 0.29) is 11.8 Å². The van der Waals surface area contributed by atoms with E-state index in [4.69, 9.17) is 0 Å². The van der Waals surface area contributed by atoms with Gasteiger partial charge in [-0.1, -0.05) is 0 Å². The summed E-state index contributed by atoms with van der Waals surface area (Å²) in [6.07, 6.45) is 2.96. The van der Waals surface area contributed by atoms with E-state index in [2.05, 4.69) is 26.9 Å². The lowest BCUT2D eigenvalue weighted by molar-refractivity contribution is -0.123. The molecule has 1 unspecified atom stereocenters. The minimum absolute atomic E-state index is 0.0331. The van der Waals surface area contributed by atoms with Crippen molar-refractivity contribution in [2.75, 3.05) is 33.7 Å². The summed E-state index contributed by atoms with van der Waals surface area (Å²) in [6.45, 7) is 2.82. The van der Waals surface area contributed by atoms with Crippen LogP contribution in [0.15, 0.2) is 6.33 Å². The van der Waals surface area contributed by atoms with Gasteiger partial charge in [-0.25, -0.2) is 4.98 Å². The number of carbonyl (C=O) groups is 1. The second kappa shape index (κ2) is 5.58. The molecule has 6 nitrogen and oxygen atoms in total. The summed E-state index contributed by atoms with van der Waals surface area (Å²) in [6, 6.07) is -0.0331. The predicted molar refractivity (Wildman–Crippen MR) is 68.2 cm³/mol. The standard InChI is InChI=1S/C12H21N5O/c1-15-5-4-6-16(2)10(8-15)11(18)7-12-13-9-14-17(12)3/h9-10H,4-8H2,1-3H3. The van der Waals surface area contributed by atoms with Crippen LogP contribution in [0.25, 0.3) is 0 Å². The monoisotopic (exact) mass is 251 g/mol. The Bertz CT molecular complexity index is 416. The molecule has 0 bridgehead atoms. The van der Waals surface area contributed by atoms with Gasteiger partial charge in [-0.3, -0.25) is 14.4 Å². The highest BCUT2D eigenvalue weighted by atomic mass is 16.1. The fourth-order valence-electron chi connectivity index (χ4n) is 2.37. The van der Waals surface area contributed by atoms with E-state index >= 15 is 0 Å². The topological polar surface area (TPSA) is 54.3 Å². The van der Waals surface area contributed by atoms with Crippen molar-refractivity contribution in [2.45, 2.75) is 18.9 Å². The lowest BCUT2D eigenvalue weighted by Crippen LogP contribution is -2.44. The molecule has 2 rings (SSSR count). The number of carbonyl (C=O) groups excluding carboxylic acids is 1. The van der Waals surface area contributed by atoms with E-state index in [0.29, 0.717) is 6.42 Å². The van der Waals surface area contributed by atoms with Gasteiger partial charge in [0.2, 0.25) is 0 Å². The Kier molecular flexibility index (Phi) is 4.08. The molecule has 1 aliphatic heterocycles. The largest absolute Gasteiger partial charge is 0.304 e. The Hall–Kier alpha value is -1.27. The van der Waals surface area contributed by atoms with E-state index in [9.17, 15) is 4.79 Å². The molecule has 0 N–H and O–H groups in total. The highest BCUT2D eigenvalue weighted by molar-refractivity contribution is 5.85. The molecular formula is C12H21N5O. The molecular weight excluding hydrogens is 230 g/mol. The number of rotatable bonds is 3. The first-order chi connectivity index (χ1) is 8.58. The molecule has 1 aromatic heterocycles. The van der Waals surface area contributed by atoms with Gasteiger partial charge in [0.25, 0.3) is 0 Å². The smallest absolute Gasteiger partial charge is 0.158 e. The molecule has 6 heteroatoms. The SMILES string of the molecule is CN1CCCN(C)C(C(=O)Cc2ncnn2C)C1. The van der Waals surface area contributed by atoms with Gasteiger partial charge in [0, 0.05) is 13.6 Å². The fourth-order valence-corrected chi connectivity index (χ4v) is 2.37. The van der Waals surface area contributed by atoms with E-state index in [1.807, 2.05) is 14.1 Å². The third-order valence-electron chi connectivity index (χ3n) is 3.58. The fraction of sp³-hybridized carbons (Fsp3) is 0.750. The summed E-state index contributed by atoms with van der Waals surface area (Å²) in [7, 11) is 5.92. The van der Waals surface area contributed by atoms with Crippen molar-refractivity contribution in [3.63, 3.8) is 0 Å². The minimum atomic E-state index is -0.0331. The Labute approximate surface area is 108 Å². The Morgan fingerprint density at radius 3 is 2.83 bits per heavy atom. The van der Waals surface area contributed by atoms with Crippen LogP contribution in [0.3, 0.4) is 0 Å². The molecule has 2 heterocycles. The van der Waals surface area contributed by atoms with Crippen molar-refractivity contribution < 1.29 is 4.79 Å². The second-order valence-electron chi connectivity index (χ2n) is 5.06. The van der Waals surface area contributed by atoms with Gasteiger partial charge in [-0.2, -0.15) is 5.10 Å². The Balaban J connectivity index is 2.04. The van der Waals surface area contributed by atoms with Crippen molar-refractivity contribution in [1.82, 2.24) is 24.6 Å². The van der Waals surface area contributed by atoms with Crippen LogP contribution in [0, 0.1) is 0 Å². The zero-order chi connectivity index (χ0) is 13.1. The number of Topliss-reactive ketones (excluding diaryl/α,β-unsaturated/α-hetero) is 1. The first kappa shape index (κ1) is 13.2. The summed E-state index contributed by atoms with van der Waals surface area (Å²) >= 11 is 0. The zero-order valence-electron chi connectivity index (χ0n) is 11.3. The van der Waals surface area contributed by atoms with Gasteiger partial charge in [0.15, 0.2) is 5.78 Å². The molecule has 1 atom stereocenters. The van der Waals surface area contributed by atoms with Crippen molar-refractivity contribution in [1.29, 1.82) is 0 Å². The van der Waals surface area contributed by atoms with Crippen molar-refractivity contribution in [2.24, 2.45) is 7.05 Å². The molecule has 100 valence electrons. The molecule has 1 saturated heterocycles. The third kappa shape index (κ3) is 2.94. The second-order valence-corrected chi connectivity index (χ2v) is 5.06. The van der Waals surface area contributed by atoms with Crippen molar-refractivity contribution in [3.8, 4) is 0 Å². The number of hydrogen-bond acceptors (Lipinski definition) is 5. The number of likely N-dealkylation sites (N-methyl/N-ethyl adjacent to an activating group) is 2. The van der Waals surface area contributed by atoms with Gasteiger partial charge in [-0.05, 0) is 33.6 Å². The van der Waals surface area contributed by atoms with Crippen LogP contribution in [-0.4, -0.2) is 70.1 Å². The van der Waals surface area contributed by atoms with Crippen LogP contribution in [0.2, 0.25) is 0 Å². The maximum absolute atomic E-state index is 12.4. The summed E-state index contributed by atoms with van der Waals surface area (Å²) < 4.78 is 1.66. The zero-order valence-corrected chi connectivity index (χ0v) is 11.3. The molecule has 0 aromatic carbocycles. The molecule has 0 spiro atoms. The number of ketones is 1. The molecule has 1 aromatic rings. The molecule has 1 aliphatic rings. The van der Waals surface area contributed by atoms with Gasteiger partial charge in [0.1, 0.15) is 12.2 Å². The van der Waals surface area contributed by atoms with Gasteiger partial charge < -0.3 is 4.90 Å². The molecule has 0 amide bonds. The summed E-state index contributed by atoms with van der Waals surface area (Å²) in [5, 5.41) is 4.00. The van der Waals surface area contributed by atoms with Gasteiger partial charge in [-0.15, -0.1) is 0 Å². The van der Waals surface area contributed by atoms with E-state index in [1.165, 1.54) is 6.33 Å². The third-order valence-corrected chi connectivity index (χ3v) is 3.58. The Morgan fingerprint density at radius 2 is 2.17 bits per heavy atom. The minimum Gasteiger partial charge on any atom is -0.304 e. The van der Waals surface area contributed by atoms with Crippen LogP contribution in [-0.2, 0) is 18.3 Å². The maximum Gasteiger partial charge on any atom is 0.158 e. The van der Waals surface area contributed by atoms with Crippen LogP contribution >= 0.6 is 0 Å². The lowest BCUT2D eigenvalue weighted by atomic mass is 10.1. The average molecular weight is 251 g/mol. The normalized spacial score (nSPS) is 22.9. The van der Waals surface area contributed by atoms with E-state index in [1.54, 1.807) is 4.68 Å². The van der Waals surface area contributed by atoms with Crippen LogP contribution in [0.4, 0.5) is 0 Å². The number of nitrogens with zero attached hydrogens (tertiary/aromatic N) is 5. The van der Waals surface area contributed by atoms with Crippen LogP contribution in [0.5, 0.6) is 0 Å². The van der Waals surface area contributed by atoms with Crippen LogP contribution in [0.1, 0.15) is 12.2 Å². The first-order valence-electron chi connectivity index (χ1n) is 6.32. The number of hydrogen-bond donors (Lipinski definition) is 0. The lowest BCUT2D eigenvalue weighted by Gasteiger charge is -2.25. The molecule has 0 aliphatic carbocycles. The van der Waals surface area contributed by atoms with E-state index < -0.39 is 0 Å². The summed E-state index contributed by atoms with van der Waals surface area (Å²) in [5.41, 5.74) is 0. The van der Waals surface area contributed by atoms with E-state index in [0.717, 1.165) is 31.9 Å². The van der Waals surface area contributed by atoms with Gasteiger partial charge in [0.05, 0.1) is 12.5 Å². The number of aromatic nitrogens is 3. The average Bonchev–Trinajstić information content (AvgIpc) is 2.62. The molecule has 0 radical (unpaired) electrons. The number of aryl methyl sites for hydroxylation is 1. The molecule has 1 fully saturated rings. The highest BCUT2D eigenvalue weighted by Crippen LogP contribution is 2.09. The first-order valence-corrected chi connectivity index (χ1v) is 6.32. The molecule has 18 heavy (non-hydrogen) atoms. The Morgan fingerprint density at radius 1 is 1.39 bits per heavy atom. The predicted octanol–water partition coefficient (Wildman–Crippen LogP) is -0.437.